The predicted molar refractivity (Wildman–Crippen MR) is 82.8 cm³/mol. The van der Waals surface area contributed by atoms with Crippen molar-refractivity contribution in [3.8, 4) is 11.8 Å². The minimum absolute atomic E-state index is 0.265. The van der Waals surface area contributed by atoms with Crippen molar-refractivity contribution < 1.29 is 4.74 Å². The third-order valence-corrected chi connectivity index (χ3v) is 3.57. The molecule has 20 heavy (non-hydrogen) atoms. The Morgan fingerprint density at radius 2 is 2.10 bits per heavy atom. The van der Waals surface area contributed by atoms with Crippen LogP contribution in [0.2, 0.25) is 0 Å². The van der Waals surface area contributed by atoms with Gasteiger partial charge in [-0.05, 0) is 59.2 Å². The molecule has 1 unspecified atom stereocenters. The van der Waals surface area contributed by atoms with Crippen LogP contribution >= 0.6 is 0 Å². The van der Waals surface area contributed by atoms with E-state index in [1.165, 1.54) is 11.1 Å². The molecule has 0 bridgehead atoms. The molecule has 0 fully saturated rings. The molecule has 1 N–H and O–H groups in total. The largest absolute Gasteiger partial charge is 0.493 e. The Morgan fingerprint density at radius 3 is 2.70 bits per heavy atom. The summed E-state index contributed by atoms with van der Waals surface area (Å²) in [4.78, 5) is 0. The van der Waals surface area contributed by atoms with Gasteiger partial charge in [-0.15, -0.1) is 0 Å². The highest BCUT2D eigenvalue weighted by atomic mass is 16.5. The first-order chi connectivity index (χ1) is 9.39. The normalized spacial score (nSPS) is 12.8. The maximum atomic E-state index is 9.00. The van der Waals surface area contributed by atoms with E-state index in [9.17, 15) is 0 Å². The molecule has 3 nitrogen and oxygen atoms in total. The fourth-order valence-electron chi connectivity index (χ4n) is 2.03. The molecule has 3 heteroatoms. The quantitative estimate of drug-likeness (QED) is 0.765. The Balaban J connectivity index is 2.63. The summed E-state index contributed by atoms with van der Waals surface area (Å²) < 4.78 is 5.93. The van der Waals surface area contributed by atoms with E-state index in [-0.39, 0.29) is 11.5 Å². The lowest BCUT2D eigenvalue weighted by Crippen LogP contribution is -2.15. The van der Waals surface area contributed by atoms with Crippen LogP contribution in [0.4, 0.5) is 0 Å². The van der Waals surface area contributed by atoms with Gasteiger partial charge in [-0.25, -0.2) is 0 Å². The fourth-order valence-corrected chi connectivity index (χ4v) is 2.03. The number of hydrogen-bond donors (Lipinski definition) is 1. The van der Waals surface area contributed by atoms with Crippen molar-refractivity contribution in [2.45, 2.75) is 46.6 Å². The first-order valence-corrected chi connectivity index (χ1v) is 7.21. The molecule has 110 valence electrons. The second kappa shape index (κ2) is 7.31. The van der Waals surface area contributed by atoms with Crippen LogP contribution in [-0.4, -0.2) is 13.7 Å². The number of rotatable bonds is 7. The molecule has 0 amide bonds. The van der Waals surface area contributed by atoms with Gasteiger partial charge >= 0.3 is 0 Å². The first kappa shape index (κ1) is 16.5. The van der Waals surface area contributed by atoms with Crippen LogP contribution in [0.5, 0.6) is 5.75 Å². The third kappa shape index (κ3) is 4.86. The smallest absolute Gasteiger partial charge is 0.124 e. The van der Waals surface area contributed by atoms with Gasteiger partial charge in [0.25, 0.3) is 0 Å². The highest BCUT2D eigenvalue weighted by molar-refractivity contribution is 5.39. The lowest BCUT2D eigenvalue weighted by atomic mass is 9.90. The van der Waals surface area contributed by atoms with Crippen LogP contribution in [0.15, 0.2) is 18.2 Å². The Kier molecular flexibility index (Phi) is 6.04. The van der Waals surface area contributed by atoms with E-state index in [4.69, 9.17) is 10.00 Å². The van der Waals surface area contributed by atoms with Crippen LogP contribution in [0.3, 0.4) is 0 Å². The van der Waals surface area contributed by atoms with E-state index in [1.807, 2.05) is 20.9 Å². The van der Waals surface area contributed by atoms with Crippen LogP contribution < -0.4 is 10.1 Å². The number of aryl methyl sites for hydroxylation is 1. The summed E-state index contributed by atoms with van der Waals surface area (Å²) in [5.41, 5.74) is 2.11. The predicted octanol–water partition coefficient (Wildman–Crippen LogP) is 3.98. The second-order valence-corrected chi connectivity index (χ2v) is 6.00. The van der Waals surface area contributed by atoms with Crippen molar-refractivity contribution in [3.63, 3.8) is 0 Å². The molecule has 0 heterocycles. The minimum atomic E-state index is -0.267. The van der Waals surface area contributed by atoms with Gasteiger partial charge in [-0.2, -0.15) is 5.26 Å². The summed E-state index contributed by atoms with van der Waals surface area (Å²) in [7, 11) is 1.95. The molecule has 1 atom stereocenters. The summed E-state index contributed by atoms with van der Waals surface area (Å²) in [5, 5.41) is 12.2. The Hall–Kier alpha value is -1.53. The molecule has 1 aromatic carbocycles. The highest BCUT2D eigenvalue weighted by Gasteiger charge is 2.16. The molecule has 0 saturated heterocycles. The maximum absolute atomic E-state index is 9.00. The van der Waals surface area contributed by atoms with E-state index < -0.39 is 0 Å². The Labute approximate surface area is 123 Å². The van der Waals surface area contributed by atoms with Gasteiger partial charge in [0.1, 0.15) is 5.75 Å². The molecular weight excluding hydrogens is 248 g/mol. The van der Waals surface area contributed by atoms with E-state index in [0.29, 0.717) is 6.61 Å². The SMILES string of the molecule is CNC(C)c1ccc(C)cc1OCCCC(C)(C)C#N. The van der Waals surface area contributed by atoms with Gasteiger partial charge < -0.3 is 10.1 Å². The van der Waals surface area contributed by atoms with Crippen LogP contribution in [0.25, 0.3) is 0 Å². The summed E-state index contributed by atoms with van der Waals surface area (Å²) >= 11 is 0. The molecular formula is C17H26N2O. The van der Waals surface area contributed by atoms with Gasteiger partial charge in [0.05, 0.1) is 18.1 Å². The molecule has 0 radical (unpaired) electrons. The maximum Gasteiger partial charge on any atom is 0.124 e. The van der Waals surface area contributed by atoms with Crippen LogP contribution in [0.1, 0.15) is 50.8 Å². The highest BCUT2D eigenvalue weighted by Crippen LogP contribution is 2.27. The van der Waals surface area contributed by atoms with Crippen molar-refractivity contribution in [1.29, 1.82) is 5.26 Å². The third-order valence-electron chi connectivity index (χ3n) is 3.57. The molecule has 0 aromatic heterocycles. The fraction of sp³-hybridized carbons (Fsp3) is 0.588. The molecule has 0 saturated carbocycles. The Bertz CT molecular complexity index is 474. The van der Waals surface area contributed by atoms with Crippen molar-refractivity contribution in [2.24, 2.45) is 5.41 Å². The summed E-state index contributed by atoms with van der Waals surface area (Å²) in [6.07, 6.45) is 1.74. The number of benzene rings is 1. The second-order valence-electron chi connectivity index (χ2n) is 6.00. The number of hydrogen-bond acceptors (Lipinski definition) is 3. The van der Waals surface area contributed by atoms with E-state index in [1.54, 1.807) is 0 Å². The molecule has 0 aliphatic rings. The van der Waals surface area contributed by atoms with E-state index >= 15 is 0 Å². The van der Waals surface area contributed by atoms with Crippen LogP contribution in [-0.2, 0) is 0 Å². The average molecular weight is 274 g/mol. The monoisotopic (exact) mass is 274 g/mol. The summed E-state index contributed by atoms with van der Waals surface area (Å²) in [5.74, 6) is 0.946. The van der Waals surface area contributed by atoms with Crippen molar-refractivity contribution in [2.75, 3.05) is 13.7 Å². The van der Waals surface area contributed by atoms with Crippen molar-refractivity contribution in [3.05, 3.63) is 29.3 Å². The van der Waals surface area contributed by atoms with Gasteiger partial charge in [0.15, 0.2) is 0 Å². The molecule has 0 aliphatic carbocycles. The molecule has 1 aromatic rings. The number of nitrogens with one attached hydrogen (secondary N) is 1. The van der Waals surface area contributed by atoms with Gasteiger partial charge in [-0.1, -0.05) is 12.1 Å². The molecule has 0 spiro atoms. The average Bonchev–Trinajstić information content (AvgIpc) is 2.43. The summed E-state index contributed by atoms with van der Waals surface area (Å²) in [6.45, 7) is 8.77. The van der Waals surface area contributed by atoms with E-state index in [2.05, 4.69) is 43.4 Å². The lowest BCUT2D eigenvalue weighted by molar-refractivity contribution is 0.280. The Morgan fingerprint density at radius 1 is 1.40 bits per heavy atom. The minimum Gasteiger partial charge on any atom is -0.493 e. The zero-order valence-electron chi connectivity index (χ0n) is 13.3. The van der Waals surface area contributed by atoms with Gasteiger partial charge in [0.2, 0.25) is 0 Å². The number of ether oxygens (including phenoxy) is 1. The number of nitriles is 1. The zero-order valence-corrected chi connectivity index (χ0v) is 13.3. The molecule has 0 aliphatic heterocycles. The first-order valence-electron chi connectivity index (χ1n) is 7.21. The lowest BCUT2D eigenvalue weighted by Gasteiger charge is -2.18. The standard InChI is InChI=1S/C17H26N2O/c1-13-7-8-15(14(2)19-5)16(11-13)20-10-6-9-17(3,4)12-18/h7-8,11,14,19H,6,9-10H2,1-5H3. The van der Waals surface area contributed by atoms with Gasteiger partial charge in [0, 0.05) is 11.6 Å². The molecule has 1 rings (SSSR count). The number of nitrogens with zero attached hydrogens (tertiary/aromatic N) is 1. The van der Waals surface area contributed by atoms with Crippen LogP contribution in [0, 0.1) is 23.7 Å². The van der Waals surface area contributed by atoms with Crippen molar-refractivity contribution >= 4 is 0 Å². The van der Waals surface area contributed by atoms with Crippen molar-refractivity contribution in [1.82, 2.24) is 5.32 Å². The topological polar surface area (TPSA) is 45.0 Å². The summed E-state index contributed by atoms with van der Waals surface area (Å²) in [6, 6.07) is 8.89. The zero-order chi connectivity index (χ0) is 15.2. The van der Waals surface area contributed by atoms with Gasteiger partial charge in [-0.3, -0.25) is 0 Å². The van der Waals surface area contributed by atoms with E-state index in [0.717, 1.165) is 18.6 Å².